The minimum absolute atomic E-state index is 0.878. The van der Waals surface area contributed by atoms with Gasteiger partial charge in [-0.1, -0.05) is 6.08 Å². The van der Waals surface area contributed by atoms with Crippen LogP contribution in [0, 0.1) is 0 Å². The predicted octanol–water partition coefficient (Wildman–Crippen LogP) is 2.09. The van der Waals surface area contributed by atoms with E-state index in [1.807, 2.05) is 6.08 Å². The second kappa shape index (κ2) is 4.51. The van der Waals surface area contributed by atoms with Crippen molar-refractivity contribution in [3.63, 3.8) is 0 Å². The highest BCUT2D eigenvalue weighted by Crippen LogP contribution is 2.18. The molecule has 0 bridgehead atoms. The minimum atomic E-state index is 0.878. The van der Waals surface area contributed by atoms with Crippen LogP contribution in [0.2, 0.25) is 0 Å². The van der Waals surface area contributed by atoms with Crippen LogP contribution in [0.5, 0.6) is 0 Å². The van der Waals surface area contributed by atoms with Crippen molar-refractivity contribution in [2.75, 3.05) is 6.54 Å². The van der Waals surface area contributed by atoms with Crippen molar-refractivity contribution in [2.45, 2.75) is 38.1 Å². The summed E-state index contributed by atoms with van der Waals surface area (Å²) < 4.78 is 0. The van der Waals surface area contributed by atoms with Gasteiger partial charge in [0.2, 0.25) is 0 Å². The standard InChI is InChI=1S/C9H17N/c1-2-3-4-5-8-10-9-6-7-9/h2,9-10H,1,3-8H2. The molecule has 58 valence electrons. The van der Waals surface area contributed by atoms with Crippen molar-refractivity contribution < 1.29 is 0 Å². The Bertz CT molecular complexity index is 94.9. The molecule has 1 heteroatoms. The zero-order valence-electron chi connectivity index (χ0n) is 6.60. The van der Waals surface area contributed by atoms with E-state index in [4.69, 9.17) is 0 Å². The molecule has 0 heterocycles. The lowest BCUT2D eigenvalue weighted by Gasteiger charge is -1.99. The third kappa shape index (κ3) is 3.67. The van der Waals surface area contributed by atoms with Crippen LogP contribution in [0.25, 0.3) is 0 Å². The van der Waals surface area contributed by atoms with Gasteiger partial charge in [-0.2, -0.15) is 0 Å². The first kappa shape index (κ1) is 7.80. The maximum Gasteiger partial charge on any atom is 0.00682 e. The Labute approximate surface area is 63.5 Å². The van der Waals surface area contributed by atoms with Gasteiger partial charge < -0.3 is 5.32 Å². The first-order chi connectivity index (χ1) is 4.93. The zero-order chi connectivity index (χ0) is 7.23. The predicted molar refractivity (Wildman–Crippen MR) is 45.1 cm³/mol. The molecule has 0 aromatic carbocycles. The number of nitrogens with one attached hydrogen (secondary N) is 1. The Hall–Kier alpha value is -0.300. The van der Waals surface area contributed by atoms with E-state index in [0.29, 0.717) is 0 Å². The maximum atomic E-state index is 3.69. The van der Waals surface area contributed by atoms with Crippen LogP contribution in [0.3, 0.4) is 0 Å². The lowest BCUT2D eigenvalue weighted by atomic mass is 10.2. The zero-order valence-corrected chi connectivity index (χ0v) is 6.60. The molecular formula is C9H17N. The minimum Gasteiger partial charge on any atom is -0.314 e. The molecule has 1 nitrogen and oxygen atoms in total. The van der Waals surface area contributed by atoms with Gasteiger partial charge in [-0.15, -0.1) is 6.58 Å². The fourth-order valence-electron chi connectivity index (χ4n) is 1.01. The molecule has 1 aliphatic rings. The van der Waals surface area contributed by atoms with Gasteiger partial charge in [-0.25, -0.2) is 0 Å². The Morgan fingerprint density at radius 3 is 2.80 bits per heavy atom. The van der Waals surface area contributed by atoms with Gasteiger partial charge >= 0.3 is 0 Å². The highest BCUT2D eigenvalue weighted by Gasteiger charge is 2.19. The molecule has 0 aromatic heterocycles. The summed E-state index contributed by atoms with van der Waals surface area (Å²) >= 11 is 0. The monoisotopic (exact) mass is 139 g/mol. The largest absolute Gasteiger partial charge is 0.314 e. The lowest BCUT2D eigenvalue weighted by Crippen LogP contribution is -2.17. The summed E-state index contributed by atoms with van der Waals surface area (Å²) in [5.41, 5.74) is 0. The van der Waals surface area contributed by atoms with Crippen molar-refractivity contribution in [3.05, 3.63) is 12.7 Å². The summed E-state index contributed by atoms with van der Waals surface area (Å²) in [4.78, 5) is 0. The average Bonchev–Trinajstić information content (AvgIpc) is 2.71. The molecular weight excluding hydrogens is 122 g/mol. The van der Waals surface area contributed by atoms with Crippen LogP contribution in [-0.4, -0.2) is 12.6 Å². The van der Waals surface area contributed by atoms with Gasteiger partial charge in [0.1, 0.15) is 0 Å². The smallest absolute Gasteiger partial charge is 0.00682 e. The van der Waals surface area contributed by atoms with Crippen molar-refractivity contribution in [1.29, 1.82) is 0 Å². The maximum absolute atomic E-state index is 3.69. The Morgan fingerprint density at radius 2 is 2.20 bits per heavy atom. The van der Waals surface area contributed by atoms with Gasteiger partial charge in [-0.3, -0.25) is 0 Å². The SMILES string of the molecule is C=CCCCCNC1CC1. The van der Waals surface area contributed by atoms with Crippen molar-refractivity contribution in [3.8, 4) is 0 Å². The third-order valence-electron chi connectivity index (χ3n) is 1.85. The molecule has 0 spiro atoms. The van der Waals surface area contributed by atoms with E-state index in [2.05, 4.69) is 11.9 Å². The normalized spacial score (nSPS) is 17.2. The Morgan fingerprint density at radius 1 is 1.40 bits per heavy atom. The topological polar surface area (TPSA) is 12.0 Å². The molecule has 0 unspecified atom stereocenters. The third-order valence-corrected chi connectivity index (χ3v) is 1.85. The van der Waals surface area contributed by atoms with Gasteiger partial charge in [0.15, 0.2) is 0 Å². The number of hydrogen-bond donors (Lipinski definition) is 1. The van der Waals surface area contributed by atoms with Crippen molar-refractivity contribution in [1.82, 2.24) is 5.32 Å². The first-order valence-corrected chi connectivity index (χ1v) is 4.28. The van der Waals surface area contributed by atoms with E-state index in [-0.39, 0.29) is 0 Å². The van der Waals surface area contributed by atoms with E-state index in [1.54, 1.807) is 0 Å². The molecule has 0 radical (unpaired) electrons. The van der Waals surface area contributed by atoms with Gasteiger partial charge in [0.05, 0.1) is 0 Å². The number of rotatable bonds is 6. The van der Waals surface area contributed by atoms with Crippen LogP contribution in [0.15, 0.2) is 12.7 Å². The molecule has 1 rings (SSSR count). The molecule has 10 heavy (non-hydrogen) atoms. The van der Waals surface area contributed by atoms with Crippen LogP contribution >= 0.6 is 0 Å². The Kier molecular flexibility index (Phi) is 3.52. The van der Waals surface area contributed by atoms with E-state index >= 15 is 0 Å². The quantitative estimate of drug-likeness (QED) is 0.439. The van der Waals surface area contributed by atoms with Gasteiger partial charge in [0, 0.05) is 6.04 Å². The molecule has 1 fully saturated rings. The van der Waals surface area contributed by atoms with E-state index in [9.17, 15) is 0 Å². The van der Waals surface area contributed by atoms with E-state index in [1.165, 1.54) is 38.6 Å². The average molecular weight is 139 g/mol. The number of hydrogen-bond acceptors (Lipinski definition) is 1. The van der Waals surface area contributed by atoms with E-state index < -0.39 is 0 Å². The lowest BCUT2D eigenvalue weighted by molar-refractivity contribution is 0.624. The number of allylic oxidation sites excluding steroid dienone is 1. The summed E-state index contributed by atoms with van der Waals surface area (Å²) in [6.45, 7) is 4.89. The molecule has 0 atom stereocenters. The summed E-state index contributed by atoms with van der Waals surface area (Å²) in [6, 6.07) is 0.878. The van der Waals surface area contributed by atoms with Gasteiger partial charge in [-0.05, 0) is 38.6 Å². The summed E-state index contributed by atoms with van der Waals surface area (Å²) in [5, 5.41) is 3.48. The van der Waals surface area contributed by atoms with Crippen molar-refractivity contribution >= 4 is 0 Å². The summed E-state index contributed by atoms with van der Waals surface area (Å²) in [5.74, 6) is 0. The molecule has 0 amide bonds. The molecule has 1 saturated carbocycles. The summed E-state index contributed by atoms with van der Waals surface area (Å²) in [7, 11) is 0. The molecule has 0 saturated heterocycles. The molecule has 1 aliphatic carbocycles. The Balaban J connectivity index is 1.72. The van der Waals surface area contributed by atoms with Crippen LogP contribution in [0.1, 0.15) is 32.1 Å². The second-order valence-corrected chi connectivity index (χ2v) is 3.01. The van der Waals surface area contributed by atoms with Crippen LogP contribution < -0.4 is 5.32 Å². The fourth-order valence-corrected chi connectivity index (χ4v) is 1.01. The van der Waals surface area contributed by atoms with E-state index in [0.717, 1.165) is 6.04 Å². The second-order valence-electron chi connectivity index (χ2n) is 3.01. The first-order valence-electron chi connectivity index (χ1n) is 4.28. The molecule has 0 aromatic rings. The highest BCUT2D eigenvalue weighted by molar-refractivity contribution is 4.80. The van der Waals surface area contributed by atoms with Crippen molar-refractivity contribution in [2.24, 2.45) is 0 Å². The highest BCUT2D eigenvalue weighted by atomic mass is 14.9. The molecule has 0 aliphatic heterocycles. The summed E-state index contributed by atoms with van der Waals surface area (Å²) in [6.07, 6.45) is 8.58. The fraction of sp³-hybridized carbons (Fsp3) is 0.778. The molecule has 1 N–H and O–H groups in total. The number of unbranched alkanes of at least 4 members (excludes halogenated alkanes) is 2. The van der Waals surface area contributed by atoms with Crippen LogP contribution in [0.4, 0.5) is 0 Å². The van der Waals surface area contributed by atoms with Gasteiger partial charge in [0.25, 0.3) is 0 Å². The van der Waals surface area contributed by atoms with Crippen LogP contribution in [-0.2, 0) is 0 Å².